The van der Waals surface area contributed by atoms with E-state index < -0.39 is 36.4 Å². The third kappa shape index (κ3) is 3.26. The summed E-state index contributed by atoms with van der Waals surface area (Å²) in [6, 6.07) is 23.6. The maximum Gasteiger partial charge on any atom is 0.329 e. The van der Waals surface area contributed by atoms with Crippen LogP contribution in [0, 0.1) is 11.8 Å². The number of imide groups is 1. The van der Waals surface area contributed by atoms with Crippen molar-refractivity contribution in [2.24, 2.45) is 11.8 Å². The second-order valence-corrected chi connectivity index (χ2v) is 9.51. The van der Waals surface area contributed by atoms with Crippen molar-refractivity contribution in [2.45, 2.75) is 24.8 Å². The number of nitrogens with one attached hydrogen (secondary N) is 1. The van der Waals surface area contributed by atoms with Gasteiger partial charge in [0.1, 0.15) is 6.04 Å². The van der Waals surface area contributed by atoms with E-state index in [2.05, 4.69) is 5.32 Å². The summed E-state index contributed by atoms with van der Waals surface area (Å²) in [6.07, 6.45) is 0. The number of hydrogen-bond acceptors (Lipinski definition) is 5. The highest BCUT2D eigenvalue weighted by Gasteiger charge is 2.62. The van der Waals surface area contributed by atoms with Crippen LogP contribution < -0.4 is 5.32 Å². The summed E-state index contributed by atoms with van der Waals surface area (Å²) in [4.78, 5) is 53.5. The molecule has 2 bridgehead atoms. The van der Waals surface area contributed by atoms with Gasteiger partial charge in [-0.25, -0.2) is 4.79 Å². The van der Waals surface area contributed by atoms with E-state index in [4.69, 9.17) is 4.74 Å². The minimum atomic E-state index is -1.13. The number of esters is 1. The molecule has 36 heavy (non-hydrogen) atoms. The molecule has 0 aromatic heterocycles. The maximum atomic E-state index is 13.7. The lowest BCUT2D eigenvalue weighted by molar-refractivity contribution is -0.159. The topological polar surface area (TPSA) is 92.8 Å². The van der Waals surface area contributed by atoms with Crippen LogP contribution >= 0.6 is 0 Å². The van der Waals surface area contributed by atoms with Crippen LogP contribution in [0.5, 0.6) is 0 Å². The molecule has 1 saturated heterocycles. The van der Waals surface area contributed by atoms with E-state index in [1.807, 2.05) is 54.6 Å². The van der Waals surface area contributed by atoms with Gasteiger partial charge in [-0.15, -0.1) is 0 Å². The second-order valence-electron chi connectivity index (χ2n) is 9.51. The zero-order chi connectivity index (χ0) is 25.0. The van der Waals surface area contributed by atoms with Gasteiger partial charge in [0.25, 0.3) is 5.91 Å². The number of rotatable bonds is 5. The van der Waals surface area contributed by atoms with Crippen LogP contribution in [-0.4, -0.2) is 41.2 Å². The van der Waals surface area contributed by atoms with Crippen LogP contribution in [0.2, 0.25) is 0 Å². The molecule has 0 spiro atoms. The third-order valence-electron chi connectivity index (χ3n) is 7.61. The van der Waals surface area contributed by atoms with Crippen molar-refractivity contribution in [3.8, 4) is 0 Å². The molecule has 0 radical (unpaired) electrons. The summed E-state index contributed by atoms with van der Waals surface area (Å²) in [6.45, 7) is 0.968. The fourth-order valence-electron chi connectivity index (χ4n) is 6.16. The van der Waals surface area contributed by atoms with Gasteiger partial charge < -0.3 is 10.1 Å². The molecule has 7 heteroatoms. The predicted octanol–water partition coefficient (Wildman–Crippen LogP) is 3.45. The van der Waals surface area contributed by atoms with Gasteiger partial charge in [0.05, 0.1) is 11.8 Å². The Balaban J connectivity index is 1.24. The highest BCUT2D eigenvalue weighted by atomic mass is 16.5. The molecule has 3 amide bonds. The number of para-hydroxylation sites is 1. The monoisotopic (exact) mass is 480 g/mol. The van der Waals surface area contributed by atoms with E-state index in [0.717, 1.165) is 27.2 Å². The SMILES string of the molecule is C[C@H](C(=O)OCC(=O)Nc1ccccc1)N1C(=O)[C@@H]2C3c4ccccc4C(c4ccccc43)[C@@H]2C1=O. The molecule has 7 rings (SSSR count). The lowest BCUT2D eigenvalue weighted by atomic mass is 9.55. The van der Waals surface area contributed by atoms with Crippen LogP contribution in [0.3, 0.4) is 0 Å². The molecular formula is C29H24N2O5. The number of hydrogen-bond donors (Lipinski definition) is 1. The number of carbonyl (C=O) groups excluding carboxylic acids is 4. The Hall–Kier alpha value is -4.26. The molecule has 3 aromatic rings. The Bertz CT molecular complexity index is 1290. The van der Waals surface area contributed by atoms with Crippen molar-refractivity contribution in [3.05, 3.63) is 101 Å². The maximum absolute atomic E-state index is 13.7. The zero-order valence-corrected chi connectivity index (χ0v) is 19.6. The van der Waals surface area contributed by atoms with E-state index in [0.29, 0.717) is 5.69 Å². The summed E-state index contributed by atoms with van der Waals surface area (Å²) >= 11 is 0. The number of likely N-dealkylation sites (tertiary alicyclic amines) is 1. The normalized spacial score (nSPS) is 24.0. The largest absolute Gasteiger partial charge is 0.454 e. The third-order valence-corrected chi connectivity index (χ3v) is 7.61. The Morgan fingerprint density at radius 2 is 1.22 bits per heavy atom. The number of ether oxygens (including phenoxy) is 1. The van der Waals surface area contributed by atoms with Crippen molar-refractivity contribution >= 4 is 29.4 Å². The van der Waals surface area contributed by atoms with Gasteiger partial charge >= 0.3 is 5.97 Å². The number of anilines is 1. The van der Waals surface area contributed by atoms with Gasteiger partial charge in [0.2, 0.25) is 11.8 Å². The van der Waals surface area contributed by atoms with Crippen molar-refractivity contribution < 1.29 is 23.9 Å². The zero-order valence-electron chi connectivity index (χ0n) is 19.6. The molecule has 180 valence electrons. The predicted molar refractivity (Wildman–Crippen MR) is 131 cm³/mol. The van der Waals surface area contributed by atoms with Crippen molar-refractivity contribution in [1.29, 1.82) is 0 Å². The summed E-state index contributed by atoms with van der Waals surface area (Å²) in [7, 11) is 0. The molecule has 1 aliphatic heterocycles. The molecule has 0 unspecified atom stereocenters. The van der Waals surface area contributed by atoms with Gasteiger partial charge in [-0.1, -0.05) is 66.7 Å². The standard InChI is InChI=1S/C29H24N2O5/c1-16(29(35)36-15-22(32)30-17-9-3-2-4-10-17)31-27(33)25-23-18-11-5-6-12-19(18)24(26(25)28(31)34)21-14-8-7-13-20(21)23/h2-14,16,23-26H,15H2,1H3,(H,30,32)/t16-,23?,24?,25-,26+/m1/s1. The average molecular weight is 481 g/mol. The van der Waals surface area contributed by atoms with Crippen LogP contribution in [0.25, 0.3) is 0 Å². The Kier molecular flexibility index (Phi) is 5.21. The van der Waals surface area contributed by atoms with E-state index in [1.165, 1.54) is 6.92 Å². The Morgan fingerprint density at radius 3 is 1.69 bits per heavy atom. The molecule has 1 heterocycles. The fourth-order valence-corrected chi connectivity index (χ4v) is 6.16. The van der Waals surface area contributed by atoms with Gasteiger partial charge in [0.15, 0.2) is 6.61 Å². The number of benzene rings is 3. The molecule has 3 aliphatic carbocycles. The molecule has 3 atom stereocenters. The van der Waals surface area contributed by atoms with Gasteiger partial charge in [-0.2, -0.15) is 0 Å². The van der Waals surface area contributed by atoms with E-state index in [9.17, 15) is 19.2 Å². The van der Waals surface area contributed by atoms with Crippen LogP contribution in [0.1, 0.15) is 41.0 Å². The lowest BCUT2D eigenvalue weighted by Crippen LogP contribution is -2.45. The summed E-state index contributed by atoms with van der Waals surface area (Å²) in [5.41, 5.74) is 4.85. The first-order chi connectivity index (χ1) is 17.5. The van der Waals surface area contributed by atoms with E-state index in [1.54, 1.807) is 24.3 Å². The first-order valence-corrected chi connectivity index (χ1v) is 12.0. The van der Waals surface area contributed by atoms with Crippen molar-refractivity contribution in [2.75, 3.05) is 11.9 Å². The second kappa shape index (κ2) is 8.45. The summed E-state index contributed by atoms with van der Waals surface area (Å²) < 4.78 is 5.20. The van der Waals surface area contributed by atoms with Gasteiger partial charge in [-0.3, -0.25) is 19.3 Å². The lowest BCUT2D eigenvalue weighted by Gasteiger charge is -2.45. The van der Waals surface area contributed by atoms with E-state index in [-0.39, 0.29) is 23.7 Å². The van der Waals surface area contributed by atoms with Crippen LogP contribution in [-0.2, 0) is 23.9 Å². The minimum absolute atomic E-state index is 0.242. The molecule has 4 aliphatic rings. The number of amides is 3. The number of carbonyl (C=O) groups is 4. The Morgan fingerprint density at radius 1 is 0.778 bits per heavy atom. The first-order valence-electron chi connectivity index (χ1n) is 12.0. The number of nitrogens with zero attached hydrogens (tertiary/aromatic N) is 1. The minimum Gasteiger partial charge on any atom is -0.454 e. The highest BCUT2D eigenvalue weighted by molar-refractivity contribution is 6.10. The van der Waals surface area contributed by atoms with Gasteiger partial charge in [0, 0.05) is 17.5 Å². The molecular weight excluding hydrogens is 456 g/mol. The van der Waals surface area contributed by atoms with Crippen LogP contribution in [0.15, 0.2) is 78.9 Å². The molecule has 1 fully saturated rings. The fraction of sp³-hybridized carbons (Fsp3) is 0.241. The molecule has 3 aromatic carbocycles. The summed E-state index contributed by atoms with van der Waals surface area (Å²) in [5.74, 6) is -3.63. The highest BCUT2D eigenvalue weighted by Crippen LogP contribution is 2.61. The molecule has 7 nitrogen and oxygen atoms in total. The van der Waals surface area contributed by atoms with Crippen LogP contribution in [0.4, 0.5) is 5.69 Å². The van der Waals surface area contributed by atoms with Crippen molar-refractivity contribution in [1.82, 2.24) is 4.90 Å². The molecule has 0 saturated carbocycles. The van der Waals surface area contributed by atoms with Crippen molar-refractivity contribution in [3.63, 3.8) is 0 Å². The Labute approximate surface area is 208 Å². The first kappa shape index (κ1) is 22.2. The van der Waals surface area contributed by atoms with Gasteiger partial charge in [-0.05, 0) is 41.3 Å². The quantitative estimate of drug-likeness (QED) is 0.446. The average Bonchev–Trinajstić information content (AvgIpc) is 3.17. The smallest absolute Gasteiger partial charge is 0.329 e. The molecule has 1 N–H and O–H groups in total. The summed E-state index contributed by atoms with van der Waals surface area (Å²) in [5, 5.41) is 2.64. The van der Waals surface area contributed by atoms with E-state index >= 15 is 0 Å².